The van der Waals surface area contributed by atoms with Crippen LogP contribution in [0.2, 0.25) is 0 Å². The van der Waals surface area contributed by atoms with Crippen molar-refractivity contribution < 1.29 is 4.74 Å². The molecule has 1 saturated carbocycles. The first-order chi connectivity index (χ1) is 17.0. The summed E-state index contributed by atoms with van der Waals surface area (Å²) in [5, 5.41) is 8.89. The smallest absolute Gasteiger partial charge is 0.118 e. The zero-order valence-electron chi connectivity index (χ0n) is 22.2. The first kappa shape index (κ1) is 26.8. The Labute approximate surface area is 213 Å². The van der Waals surface area contributed by atoms with E-state index in [-0.39, 0.29) is 5.92 Å². The van der Waals surface area contributed by atoms with Gasteiger partial charge >= 0.3 is 0 Å². The number of rotatable bonds is 10. The number of benzene rings is 2. The van der Waals surface area contributed by atoms with Crippen LogP contribution >= 0.6 is 0 Å². The minimum Gasteiger partial charge on any atom is -0.494 e. The molecule has 35 heavy (non-hydrogen) atoms. The van der Waals surface area contributed by atoms with E-state index < -0.39 is 0 Å². The Kier molecular flexibility index (Phi) is 10.7. The lowest BCUT2D eigenvalue weighted by Gasteiger charge is -2.29. The highest BCUT2D eigenvalue weighted by Gasteiger charge is 2.35. The van der Waals surface area contributed by atoms with E-state index >= 15 is 0 Å². The van der Waals surface area contributed by atoms with Gasteiger partial charge in [0.1, 0.15) is 5.76 Å². The molecule has 186 valence electrons. The summed E-state index contributed by atoms with van der Waals surface area (Å²) in [5.74, 6) is 2.57. The fourth-order valence-corrected chi connectivity index (χ4v) is 4.72. The highest BCUT2D eigenvalue weighted by Crippen LogP contribution is 2.49. The predicted octanol–water partition coefficient (Wildman–Crippen LogP) is 9.08. The normalized spacial score (nSPS) is 18.1. The molecule has 2 aliphatic rings. The maximum atomic E-state index is 8.89. The maximum absolute atomic E-state index is 8.89. The van der Waals surface area contributed by atoms with E-state index in [0.717, 1.165) is 56.8 Å². The molecular formula is C33H43NO. The molecule has 2 aliphatic carbocycles. The summed E-state index contributed by atoms with van der Waals surface area (Å²) in [7, 11) is 0. The average molecular weight is 470 g/mol. The van der Waals surface area contributed by atoms with Gasteiger partial charge in [-0.15, -0.1) is 0 Å². The van der Waals surface area contributed by atoms with Crippen LogP contribution in [0, 0.1) is 30.1 Å². The van der Waals surface area contributed by atoms with Crippen LogP contribution in [-0.2, 0) is 11.2 Å². The summed E-state index contributed by atoms with van der Waals surface area (Å²) in [6, 6.07) is 21.9. The Balaban J connectivity index is 0.000000363. The molecule has 1 fully saturated rings. The summed E-state index contributed by atoms with van der Waals surface area (Å²) in [5.41, 5.74) is 7.23. The van der Waals surface area contributed by atoms with Crippen LogP contribution in [0.4, 0.5) is 0 Å². The third-order valence-electron chi connectivity index (χ3n) is 7.21. The largest absolute Gasteiger partial charge is 0.494 e. The van der Waals surface area contributed by atoms with Crippen LogP contribution in [0.1, 0.15) is 88.3 Å². The summed E-state index contributed by atoms with van der Waals surface area (Å²) in [6.07, 6.45) is 11.4. The highest BCUT2D eigenvalue weighted by molar-refractivity contribution is 5.43. The van der Waals surface area contributed by atoms with Gasteiger partial charge in [0, 0.05) is 11.8 Å². The minimum absolute atomic E-state index is 0.154. The van der Waals surface area contributed by atoms with Crippen molar-refractivity contribution in [1.82, 2.24) is 0 Å². The van der Waals surface area contributed by atoms with Gasteiger partial charge in [0.05, 0.1) is 12.7 Å². The van der Waals surface area contributed by atoms with E-state index in [1.54, 1.807) is 5.57 Å². The molecule has 0 aromatic heterocycles. The van der Waals surface area contributed by atoms with Crippen molar-refractivity contribution >= 4 is 0 Å². The zero-order valence-corrected chi connectivity index (χ0v) is 22.2. The first-order valence-electron chi connectivity index (χ1n) is 13.6. The van der Waals surface area contributed by atoms with Crippen molar-refractivity contribution in [1.29, 1.82) is 5.26 Å². The Morgan fingerprint density at radius 3 is 2.26 bits per heavy atom. The zero-order chi connectivity index (χ0) is 25.0. The number of allylic oxidation sites excluding steroid dienone is 3. The number of unbranched alkanes of at least 4 members (excludes halogenated alkanes) is 1. The lowest BCUT2D eigenvalue weighted by Crippen LogP contribution is -2.13. The Morgan fingerprint density at radius 2 is 1.69 bits per heavy atom. The molecule has 0 saturated heterocycles. The second-order valence-electron chi connectivity index (χ2n) is 10.1. The summed E-state index contributed by atoms with van der Waals surface area (Å²) in [6.45, 7) is 9.32. The van der Waals surface area contributed by atoms with Crippen LogP contribution < -0.4 is 0 Å². The molecule has 0 radical (unpaired) electrons. The Hall–Kier alpha value is -2.79. The van der Waals surface area contributed by atoms with Crippen LogP contribution in [0.3, 0.4) is 0 Å². The molecule has 2 nitrogen and oxygen atoms in total. The minimum atomic E-state index is 0.154. The molecule has 2 aromatic rings. The quantitative estimate of drug-likeness (QED) is 0.325. The highest BCUT2D eigenvalue weighted by atomic mass is 16.5. The standard InChI is InChI=1S/C25H33NO.C8H10/c1-4-20-15-23(21-10-8-18(2)9-11-21)24(22-12-13-22)16-25(20)27-14-6-5-7-19(3)17-26;1-2-8-6-4-3-5-7-8/h8-11,16,19,22-23H,4-7,12-15H2,1-3H3;3-7H,2H2,1H3. The molecule has 2 heteroatoms. The number of ether oxygens (including phenoxy) is 1. The van der Waals surface area contributed by atoms with Gasteiger partial charge in [0.2, 0.25) is 0 Å². The van der Waals surface area contributed by atoms with Gasteiger partial charge in [0.25, 0.3) is 0 Å². The van der Waals surface area contributed by atoms with Gasteiger partial charge in [0.15, 0.2) is 0 Å². The van der Waals surface area contributed by atoms with Crippen LogP contribution in [-0.4, -0.2) is 6.61 Å². The van der Waals surface area contributed by atoms with Crippen LogP contribution in [0.5, 0.6) is 0 Å². The van der Waals surface area contributed by atoms with Gasteiger partial charge in [-0.1, -0.05) is 79.6 Å². The summed E-state index contributed by atoms with van der Waals surface area (Å²) >= 11 is 0. The van der Waals surface area contributed by atoms with Crippen molar-refractivity contribution in [3.05, 3.63) is 94.3 Å². The molecule has 0 aliphatic heterocycles. The Morgan fingerprint density at radius 1 is 0.971 bits per heavy atom. The molecule has 0 bridgehead atoms. The molecule has 2 atom stereocenters. The molecule has 0 heterocycles. The van der Waals surface area contributed by atoms with E-state index in [9.17, 15) is 0 Å². The first-order valence-corrected chi connectivity index (χ1v) is 13.6. The lowest BCUT2D eigenvalue weighted by atomic mass is 9.78. The van der Waals surface area contributed by atoms with Crippen molar-refractivity contribution in [2.75, 3.05) is 6.61 Å². The number of nitrogens with zero attached hydrogens (tertiary/aromatic N) is 1. The average Bonchev–Trinajstić information content (AvgIpc) is 3.75. The SMILES string of the molecule is CCC1=C(OCCCCC(C)C#N)C=C(C2CC2)C(c2ccc(C)cc2)C1.CCc1ccccc1. The number of aryl methyl sites for hydroxylation is 2. The molecule has 2 aromatic carbocycles. The topological polar surface area (TPSA) is 33.0 Å². The van der Waals surface area contributed by atoms with E-state index in [4.69, 9.17) is 10.00 Å². The fraction of sp³-hybridized carbons (Fsp3) is 0.485. The van der Waals surface area contributed by atoms with Crippen molar-refractivity contribution in [3.63, 3.8) is 0 Å². The van der Waals surface area contributed by atoms with Crippen molar-refractivity contribution in [2.45, 2.75) is 85.0 Å². The van der Waals surface area contributed by atoms with Crippen molar-refractivity contribution in [2.24, 2.45) is 11.8 Å². The monoisotopic (exact) mass is 469 g/mol. The molecule has 0 N–H and O–H groups in total. The fourth-order valence-electron chi connectivity index (χ4n) is 4.72. The van der Waals surface area contributed by atoms with Gasteiger partial charge in [-0.05, 0) is 93.9 Å². The third-order valence-corrected chi connectivity index (χ3v) is 7.21. The maximum Gasteiger partial charge on any atom is 0.118 e. The number of nitriles is 1. The lowest BCUT2D eigenvalue weighted by molar-refractivity contribution is 0.208. The van der Waals surface area contributed by atoms with Crippen molar-refractivity contribution in [3.8, 4) is 6.07 Å². The molecule has 0 amide bonds. The number of hydrogen-bond acceptors (Lipinski definition) is 2. The summed E-state index contributed by atoms with van der Waals surface area (Å²) < 4.78 is 6.23. The molecular weight excluding hydrogens is 426 g/mol. The van der Waals surface area contributed by atoms with Crippen LogP contribution in [0.25, 0.3) is 0 Å². The van der Waals surface area contributed by atoms with Gasteiger partial charge in [-0.25, -0.2) is 0 Å². The molecule has 4 rings (SSSR count). The second kappa shape index (κ2) is 13.9. The van der Waals surface area contributed by atoms with E-state index in [1.807, 2.05) is 13.0 Å². The van der Waals surface area contributed by atoms with E-state index in [1.165, 1.54) is 35.1 Å². The van der Waals surface area contributed by atoms with E-state index in [2.05, 4.69) is 81.4 Å². The van der Waals surface area contributed by atoms with Gasteiger partial charge in [-0.3, -0.25) is 0 Å². The van der Waals surface area contributed by atoms with Gasteiger partial charge in [-0.2, -0.15) is 5.26 Å². The summed E-state index contributed by atoms with van der Waals surface area (Å²) in [4.78, 5) is 0. The van der Waals surface area contributed by atoms with Gasteiger partial charge < -0.3 is 4.74 Å². The predicted molar refractivity (Wildman–Crippen MR) is 147 cm³/mol. The van der Waals surface area contributed by atoms with Crippen LogP contribution in [0.15, 0.2) is 77.6 Å². The molecule has 0 spiro atoms. The van der Waals surface area contributed by atoms with E-state index in [0.29, 0.717) is 5.92 Å². The Bertz CT molecular complexity index is 1010. The molecule has 2 unspecified atom stereocenters. The third kappa shape index (κ3) is 8.43. The number of hydrogen-bond donors (Lipinski definition) is 0. The second-order valence-corrected chi connectivity index (χ2v) is 10.1.